The summed E-state index contributed by atoms with van der Waals surface area (Å²) in [5.74, 6) is 0.0448. The lowest BCUT2D eigenvalue weighted by Crippen LogP contribution is -2.12. The van der Waals surface area contributed by atoms with Gasteiger partial charge < -0.3 is 9.51 Å². The molecule has 0 fully saturated rings. The SMILES string of the molecule is C=Cc1cc(F)c2[nH]c(=O)c(-c3nc(C)no3)c(C)c2c1. The van der Waals surface area contributed by atoms with Crippen molar-refractivity contribution in [1.29, 1.82) is 0 Å². The van der Waals surface area contributed by atoms with E-state index in [1.54, 1.807) is 26.0 Å². The lowest BCUT2D eigenvalue weighted by molar-refractivity contribution is 0.425. The Morgan fingerprint density at radius 3 is 2.76 bits per heavy atom. The maximum absolute atomic E-state index is 14.1. The molecule has 0 atom stereocenters. The van der Waals surface area contributed by atoms with E-state index in [9.17, 15) is 9.18 Å². The van der Waals surface area contributed by atoms with E-state index in [2.05, 4.69) is 21.7 Å². The number of hydrogen-bond donors (Lipinski definition) is 1. The monoisotopic (exact) mass is 285 g/mol. The van der Waals surface area contributed by atoms with Crippen LogP contribution in [0.4, 0.5) is 4.39 Å². The number of pyridine rings is 1. The van der Waals surface area contributed by atoms with Crippen LogP contribution in [0.3, 0.4) is 0 Å². The van der Waals surface area contributed by atoms with Crippen molar-refractivity contribution >= 4 is 17.0 Å². The van der Waals surface area contributed by atoms with Gasteiger partial charge in [0.2, 0.25) is 0 Å². The number of aryl methyl sites for hydroxylation is 2. The Bertz CT molecular complexity index is 925. The average Bonchev–Trinajstić information content (AvgIpc) is 2.86. The van der Waals surface area contributed by atoms with E-state index in [-0.39, 0.29) is 17.0 Å². The van der Waals surface area contributed by atoms with Gasteiger partial charge in [-0.1, -0.05) is 17.8 Å². The minimum absolute atomic E-state index is 0.123. The molecule has 0 amide bonds. The number of halogens is 1. The zero-order valence-corrected chi connectivity index (χ0v) is 11.5. The fourth-order valence-corrected chi connectivity index (χ4v) is 2.31. The Kier molecular flexibility index (Phi) is 2.94. The molecule has 0 saturated carbocycles. The van der Waals surface area contributed by atoms with Crippen molar-refractivity contribution in [2.24, 2.45) is 0 Å². The number of H-pyrrole nitrogens is 1. The third kappa shape index (κ3) is 2.05. The Labute approximate surface area is 119 Å². The molecule has 2 heterocycles. The van der Waals surface area contributed by atoms with Crippen LogP contribution in [0.25, 0.3) is 28.4 Å². The van der Waals surface area contributed by atoms with Crippen LogP contribution in [0, 0.1) is 19.7 Å². The van der Waals surface area contributed by atoms with Crippen LogP contribution in [0.2, 0.25) is 0 Å². The summed E-state index contributed by atoms with van der Waals surface area (Å²) in [4.78, 5) is 18.8. The molecule has 21 heavy (non-hydrogen) atoms. The van der Waals surface area contributed by atoms with Gasteiger partial charge in [0.15, 0.2) is 5.82 Å². The van der Waals surface area contributed by atoms with E-state index < -0.39 is 11.4 Å². The van der Waals surface area contributed by atoms with E-state index in [4.69, 9.17) is 4.52 Å². The van der Waals surface area contributed by atoms with E-state index in [1.807, 2.05) is 0 Å². The molecule has 0 bridgehead atoms. The van der Waals surface area contributed by atoms with Crippen molar-refractivity contribution in [3.05, 3.63) is 51.8 Å². The number of benzene rings is 1. The molecule has 0 aliphatic rings. The third-order valence-corrected chi connectivity index (χ3v) is 3.33. The fraction of sp³-hybridized carbons (Fsp3) is 0.133. The second-order valence-corrected chi connectivity index (χ2v) is 4.73. The molecule has 0 unspecified atom stereocenters. The summed E-state index contributed by atoms with van der Waals surface area (Å²) in [6, 6.07) is 3.07. The number of nitrogens with zero attached hydrogens (tertiary/aromatic N) is 2. The van der Waals surface area contributed by atoms with Gasteiger partial charge in [0.1, 0.15) is 11.4 Å². The van der Waals surface area contributed by atoms with E-state index in [0.717, 1.165) is 0 Å². The number of aromatic amines is 1. The van der Waals surface area contributed by atoms with Crippen LogP contribution in [-0.4, -0.2) is 15.1 Å². The second-order valence-electron chi connectivity index (χ2n) is 4.73. The summed E-state index contributed by atoms with van der Waals surface area (Å²) in [7, 11) is 0. The zero-order chi connectivity index (χ0) is 15.1. The van der Waals surface area contributed by atoms with Gasteiger partial charge in [0.05, 0.1) is 5.52 Å². The Morgan fingerprint density at radius 1 is 1.38 bits per heavy atom. The topological polar surface area (TPSA) is 71.8 Å². The van der Waals surface area contributed by atoms with Crippen LogP contribution in [0.5, 0.6) is 0 Å². The molecule has 0 aliphatic carbocycles. The van der Waals surface area contributed by atoms with Crippen molar-refractivity contribution in [2.45, 2.75) is 13.8 Å². The Hall–Kier alpha value is -2.76. The molecule has 2 aromatic heterocycles. The highest BCUT2D eigenvalue weighted by Gasteiger charge is 2.18. The largest absolute Gasteiger partial charge is 0.334 e. The van der Waals surface area contributed by atoms with Gasteiger partial charge >= 0.3 is 0 Å². The van der Waals surface area contributed by atoms with Gasteiger partial charge in [-0.2, -0.15) is 4.98 Å². The van der Waals surface area contributed by atoms with Gasteiger partial charge in [-0.25, -0.2) is 4.39 Å². The van der Waals surface area contributed by atoms with Gasteiger partial charge in [0.25, 0.3) is 11.4 Å². The van der Waals surface area contributed by atoms with Crippen LogP contribution in [-0.2, 0) is 0 Å². The molecule has 3 aromatic rings. The quantitative estimate of drug-likeness (QED) is 0.785. The summed E-state index contributed by atoms with van der Waals surface area (Å²) in [6.45, 7) is 7.01. The standard InChI is InChI=1S/C15H12FN3O2/c1-4-9-5-10-7(2)12(15-17-8(3)19-21-15)14(20)18-13(10)11(16)6-9/h4-6H,1H2,2-3H3,(H,18,20). The predicted molar refractivity (Wildman–Crippen MR) is 77.4 cm³/mol. The van der Waals surface area contributed by atoms with Crippen LogP contribution in [0.1, 0.15) is 17.0 Å². The van der Waals surface area contributed by atoms with Gasteiger partial charge in [0, 0.05) is 5.39 Å². The normalized spacial score (nSPS) is 11.0. The number of aromatic nitrogens is 3. The minimum Gasteiger partial charge on any atom is -0.334 e. The highest BCUT2D eigenvalue weighted by molar-refractivity contribution is 5.89. The summed E-state index contributed by atoms with van der Waals surface area (Å²) in [6.07, 6.45) is 1.55. The van der Waals surface area contributed by atoms with E-state index in [1.165, 1.54) is 6.07 Å². The average molecular weight is 285 g/mol. The summed E-state index contributed by atoms with van der Waals surface area (Å²) in [5.41, 5.74) is 1.16. The lowest BCUT2D eigenvalue weighted by atomic mass is 10.0. The van der Waals surface area contributed by atoms with Crippen molar-refractivity contribution in [2.75, 3.05) is 0 Å². The first-order valence-corrected chi connectivity index (χ1v) is 6.30. The first kappa shape index (κ1) is 13.2. The zero-order valence-electron chi connectivity index (χ0n) is 11.5. The molecule has 106 valence electrons. The fourth-order valence-electron chi connectivity index (χ4n) is 2.31. The molecule has 0 spiro atoms. The molecule has 1 N–H and O–H groups in total. The molecule has 1 aromatic carbocycles. The number of rotatable bonds is 2. The first-order chi connectivity index (χ1) is 10.0. The highest BCUT2D eigenvalue weighted by atomic mass is 19.1. The van der Waals surface area contributed by atoms with E-state index in [0.29, 0.717) is 22.3 Å². The van der Waals surface area contributed by atoms with Crippen LogP contribution in [0.15, 0.2) is 28.0 Å². The van der Waals surface area contributed by atoms with Crippen LogP contribution >= 0.6 is 0 Å². The van der Waals surface area contributed by atoms with Crippen molar-refractivity contribution in [1.82, 2.24) is 15.1 Å². The molecular weight excluding hydrogens is 273 g/mol. The lowest BCUT2D eigenvalue weighted by Gasteiger charge is -2.08. The molecule has 0 aliphatic heterocycles. The molecule has 3 rings (SSSR count). The smallest absolute Gasteiger partial charge is 0.263 e. The predicted octanol–water partition coefficient (Wildman–Crippen LogP) is 2.98. The van der Waals surface area contributed by atoms with Gasteiger partial charge in [-0.3, -0.25) is 4.79 Å². The summed E-state index contributed by atoms with van der Waals surface area (Å²) in [5, 5.41) is 4.26. The van der Waals surface area contributed by atoms with Gasteiger partial charge in [-0.15, -0.1) is 0 Å². The van der Waals surface area contributed by atoms with E-state index >= 15 is 0 Å². The molecule has 6 heteroatoms. The number of hydrogen-bond acceptors (Lipinski definition) is 4. The third-order valence-electron chi connectivity index (χ3n) is 3.33. The Balaban J connectivity index is 2.42. The number of nitrogens with one attached hydrogen (secondary N) is 1. The maximum atomic E-state index is 14.1. The first-order valence-electron chi connectivity index (χ1n) is 6.30. The molecule has 0 saturated heterocycles. The second kappa shape index (κ2) is 4.66. The molecule has 5 nitrogen and oxygen atoms in total. The van der Waals surface area contributed by atoms with Gasteiger partial charge in [-0.05, 0) is 37.1 Å². The number of fused-ring (bicyclic) bond motifs is 1. The molecular formula is C15H12FN3O2. The Morgan fingerprint density at radius 2 is 2.14 bits per heavy atom. The highest BCUT2D eigenvalue weighted by Crippen LogP contribution is 2.27. The summed E-state index contributed by atoms with van der Waals surface area (Å²) < 4.78 is 19.1. The van der Waals surface area contributed by atoms with Crippen molar-refractivity contribution in [3.63, 3.8) is 0 Å². The van der Waals surface area contributed by atoms with Crippen LogP contribution < -0.4 is 5.56 Å². The van der Waals surface area contributed by atoms with Crippen molar-refractivity contribution < 1.29 is 8.91 Å². The maximum Gasteiger partial charge on any atom is 0.263 e. The molecule has 0 radical (unpaired) electrons. The van der Waals surface area contributed by atoms with Crippen molar-refractivity contribution in [3.8, 4) is 11.5 Å². The minimum atomic E-state index is -0.504. The summed E-state index contributed by atoms with van der Waals surface area (Å²) >= 11 is 0.